The quantitative estimate of drug-likeness (QED) is 0.280. The molecule has 1 aliphatic carbocycles. The molecule has 1 amide bonds. The second kappa shape index (κ2) is 16.8. The predicted octanol–water partition coefficient (Wildman–Crippen LogP) is 4.54. The summed E-state index contributed by atoms with van der Waals surface area (Å²) >= 11 is 5.61. The van der Waals surface area contributed by atoms with E-state index in [0.717, 1.165) is 5.92 Å². The highest BCUT2D eigenvalue weighted by atomic mass is 35.5. The molecule has 0 radical (unpaired) electrons. The Bertz CT molecular complexity index is 1040. The number of nitrogens with one attached hydrogen (secondary N) is 1. The first-order chi connectivity index (χ1) is 17.9. The average Bonchev–Trinajstić information content (AvgIpc) is 3.52. The van der Waals surface area contributed by atoms with Gasteiger partial charge in [-0.2, -0.15) is 0 Å². The number of carbonyl (C=O) groups is 1. The SMILES string of the molecule is CC[C@H]1CCC[C@H]1CO.CN=C/C=C(\N)OCC(C)(C)O.Cn1cncc1C(=O)Nc1ccc(F)c(Cl)c1. The van der Waals surface area contributed by atoms with Gasteiger partial charge in [0.25, 0.3) is 5.91 Å². The third-order valence-electron chi connectivity index (χ3n) is 5.78. The number of aliphatic hydroxyl groups excluding tert-OH is 1. The Morgan fingerprint density at radius 3 is 2.58 bits per heavy atom. The van der Waals surface area contributed by atoms with Crippen molar-refractivity contribution in [3.05, 3.63) is 59.2 Å². The first-order valence-corrected chi connectivity index (χ1v) is 12.9. The Morgan fingerprint density at radius 1 is 1.39 bits per heavy atom. The molecule has 1 heterocycles. The van der Waals surface area contributed by atoms with Gasteiger partial charge in [0.05, 0.1) is 23.1 Å². The molecule has 5 N–H and O–H groups in total. The zero-order chi connectivity index (χ0) is 28.7. The fourth-order valence-corrected chi connectivity index (χ4v) is 3.87. The van der Waals surface area contributed by atoms with Crippen LogP contribution >= 0.6 is 11.6 Å². The van der Waals surface area contributed by atoms with Gasteiger partial charge in [-0.3, -0.25) is 9.79 Å². The van der Waals surface area contributed by atoms with Gasteiger partial charge < -0.3 is 30.6 Å². The summed E-state index contributed by atoms with van der Waals surface area (Å²) in [6.45, 7) is 6.10. The van der Waals surface area contributed by atoms with Crippen molar-refractivity contribution in [1.82, 2.24) is 9.55 Å². The van der Waals surface area contributed by atoms with Crippen LogP contribution in [0, 0.1) is 17.7 Å². The monoisotopic (exact) mass is 553 g/mol. The number of benzene rings is 1. The molecule has 38 heavy (non-hydrogen) atoms. The number of rotatable bonds is 8. The lowest BCUT2D eigenvalue weighted by Crippen LogP contribution is -2.27. The number of hydrogen-bond donors (Lipinski definition) is 4. The Morgan fingerprint density at radius 2 is 2.08 bits per heavy atom. The molecular formula is C27H41ClFN5O4. The highest BCUT2D eigenvalue weighted by Gasteiger charge is 2.24. The van der Waals surface area contributed by atoms with Crippen LogP contribution in [0.3, 0.4) is 0 Å². The summed E-state index contributed by atoms with van der Waals surface area (Å²) in [4.78, 5) is 19.3. The van der Waals surface area contributed by atoms with Crippen LogP contribution in [-0.2, 0) is 11.8 Å². The van der Waals surface area contributed by atoms with Crippen molar-refractivity contribution in [1.29, 1.82) is 0 Å². The molecule has 3 rings (SSSR count). The fraction of sp³-hybridized carbons (Fsp3) is 0.519. The van der Waals surface area contributed by atoms with E-state index in [1.54, 1.807) is 32.5 Å². The highest BCUT2D eigenvalue weighted by molar-refractivity contribution is 6.31. The van der Waals surface area contributed by atoms with E-state index in [2.05, 4.69) is 22.2 Å². The largest absolute Gasteiger partial charge is 0.476 e. The summed E-state index contributed by atoms with van der Waals surface area (Å²) in [5.41, 5.74) is 5.38. The molecule has 0 aliphatic heterocycles. The molecule has 1 fully saturated rings. The summed E-state index contributed by atoms with van der Waals surface area (Å²) in [5, 5.41) is 20.7. The number of anilines is 1. The lowest BCUT2D eigenvalue weighted by molar-refractivity contribution is 0.00251. The van der Waals surface area contributed by atoms with Crippen molar-refractivity contribution in [2.24, 2.45) is 29.6 Å². The van der Waals surface area contributed by atoms with Gasteiger partial charge in [-0.1, -0.05) is 37.8 Å². The first kappa shape index (κ1) is 33.1. The number of halogens is 2. The van der Waals surface area contributed by atoms with E-state index >= 15 is 0 Å². The number of aromatic nitrogens is 2. The molecule has 0 bridgehead atoms. The van der Waals surface area contributed by atoms with Crippen molar-refractivity contribution in [3.63, 3.8) is 0 Å². The molecule has 0 unspecified atom stereocenters. The number of hydrogen-bond acceptors (Lipinski definition) is 7. The maximum absolute atomic E-state index is 12.9. The van der Waals surface area contributed by atoms with Gasteiger partial charge in [-0.25, -0.2) is 9.37 Å². The number of aryl methyl sites for hydroxylation is 1. The molecule has 2 atom stereocenters. The number of nitrogens with two attached hydrogens (primary N) is 1. The summed E-state index contributed by atoms with van der Waals surface area (Å²) in [5.74, 6) is 0.866. The average molecular weight is 554 g/mol. The van der Waals surface area contributed by atoms with Crippen molar-refractivity contribution < 1.29 is 24.1 Å². The van der Waals surface area contributed by atoms with Crippen LogP contribution < -0.4 is 11.1 Å². The normalized spacial score (nSPS) is 17.3. The number of aliphatic hydroxyl groups is 2. The number of allylic oxidation sites excluding steroid dienone is 1. The van der Waals surface area contributed by atoms with E-state index in [9.17, 15) is 14.3 Å². The number of aliphatic imine (C=N–C) groups is 1. The smallest absolute Gasteiger partial charge is 0.273 e. The minimum absolute atomic E-state index is 0.0344. The van der Waals surface area contributed by atoms with E-state index in [-0.39, 0.29) is 23.4 Å². The van der Waals surface area contributed by atoms with Crippen molar-refractivity contribution in [3.8, 4) is 0 Å². The van der Waals surface area contributed by atoms with Crippen LogP contribution in [-0.4, -0.2) is 57.7 Å². The van der Waals surface area contributed by atoms with Crippen LogP contribution in [0.5, 0.6) is 0 Å². The highest BCUT2D eigenvalue weighted by Crippen LogP contribution is 2.33. The topological polar surface area (TPSA) is 135 Å². The predicted molar refractivity (Wildman–Crippen MR) is 150 cm³/mol. The Balaban J connectivity index is 0.000000302. The van der Waals surface area contributed by atoms with Crippen molar-refractivity contribution in [2.75, 3.05) is 25.6 Å². The molecular weight excluding hydrogens is 513 g/mol. The van der Waals surface area contributed by atoms with E-state index < -0.39 is 11.4 Å². The molecule has 1 aliphatic rings. The number of imidazole rings is 1. The third kappa shape index (κ3) is 12.5. The van der Waals surface area contributed by atoms with Gasteiger partial charge in [0.15, 0.2) is 5.88 Å². The van der Waals surface area contributed by atoms with Crippen molar-refractivity contribution in [2.45, 2.75) is 52.1 Å². The minimum Gasteiger partial charge on any atom is -0.476 e. The molecule has 0 saturated heterocycles. The van der Waals surface area contributed by atoms with Gasteiger partial charge in [0.2, 0.25) is 0 Å². The lowest BCUT2D eigenvalue weighted by Gasteiger charge is -2.17. The Kier molecular flexibility index (Phi) is 14.6. The molecule has 0 spiro atoms. The molecule has 1 aromatic heterocycles. The van der Waals surface area contributed by atoms with Gasteiger partial charge in [-0.05, 0) is 50.3 Å². The summed E-state index contributed by atoms with van der Waals surface area (Å²) in [7, 11) is 3.35. The molecule has 212 valence electrons. The summed E-state index contributed by atoms with van der Waals surface area (Å²) < 4.78 is 19.5. The second-order valence-electron chi connectivity index (χ2n) is 9.59. The number of amides is 1. The molecule has 1 aromatic carbocycles. The zero-order valence-electron chi connectivity index (χ0n) is 22.8. The Labute approximate surface area is 229 Å². The van der Waals surface area contributed by atoms with Crippen LogP contribution in [0.2, 0.25) is 5.02 Å². The number of ether oxygens (including phenoxy) is 1. The molecule has 9 nitrogen and oxygen atoms in total. The number of carbonyl (C=O) groups excluding carboxylic acids is 1. The summed E-state index contributed by atoms with van der Waals surface area (Å²) in [6.07, 6.45) is 11.2. The Hall–Kier alpha value is -2.95. The molecule has 11 heteroatoms. The van der Waals surface area contributed by atoms with Gasteiger partial charge >= 0.3 is 0 Å². The molecule has 2 aromatic rings. The van der Waals surface area contributed by atoms with Gasteiger partial charge in [0, 0.05) is 38.7 Å². The van der Waals surface area contributed by atoms with Crippen LogP contribution in [0.25, 0.3) is 0 Å². The van der Waals surface area contributed by atoms with Crippen LogP contribution in [0.4, 0.5) is 10.1 Å². The van der Waals surface area contributed by atoms with Gasteiger partial charge in [-0.15, -0.1) is 0 Å². The van der Waals surface area contributed by atoms with E-state index in [1.165, 1.54) is 68.7 Å². The third-order valence-corrected chi connectivity index (χ3v) is 6.07. The maximum Gasteiger partial charge on any atom is 0.273 e. The zero-order valence-corrected chi connectivity index (χ0v) is 23.6. The standard InChI is InChI=1S/C11H9ClFN3O.C8H16N2O2.C8H16O/c1-16-6-14-5-10(16)11(17)15-7-2-3-9(13)8(12)4-7;1-8(2,11)6-12-7(9)4-5-10-3;1-2-7-4-3-5-8(7)6-9/h2-6H,1H3,(H,15,17);4-5,11H,6,9H2,1-3H3;7-9H,2-6H2,1H3/b;7-4+,10-5?;/t;;7-,8-/m..0/s1. The van der Waals surface area contributed by atoms with Crippen molar-refractivity contribution >= 4 is 29.4 Å². The lowest BCUT2D eigenvalue weighted by atomic mass is 9.95. The first-order valence-electron chi connectivity index (χ1n) is 12.5. The molecule has 1 saturated carbocycles. The van der Waals surface area contributed by atoms with E-state index in [4.69, 9.17) is 27.2 Å². The second-order valence-corrected chi connectivity index (χ2v) is 10.00. The fourth-order valence-electron chi connectivity index (χ4n) is 3.69. The summed E-state index contributed by atoms with van der Waals surface area (Å²) in [6, 6.07) is 3.99. The van der Waals surface area contributed by atoms with Gasteiger partial charge in [0.1, 0.15) is 18.1 Å². The van der Waals surface area contributed by atoms with Crippen LogP contribution in [0.15, 0.2) is 47.7 Å². The maximum atomic E-state index is 12.9. The van der Waals surface area contributed by atoms with Crippen LogP contribution in [0.1, 0.15) is 56.9 Å². The number of nitrogens with zero attached hydrogens (tertiary/aromatic N) is 3. The van der Waals surface area contributed by atoms with E-state index in [1.807, 2.05) is 0 Å². The van der Waals surface area contributed by atoms with E-state index in [0.29, 0.717) is 23.9 Å². The minimum atomic E-state index is -0.859.